The van der Waals surface area contributed by atoms with E-state index in [1.807, 2.05) is 61.5 Å². The number of hydrogen-bond acceptors (Lipinski definition) is 5. The molecule has 5 nitrogen and oxygen atoms in total. The van der Waals surface area contributed by atoms with Gasteiger partial charge >= 0.3 is 0 Å². The molecule has 1 heterocycles. The molecule has 164 valence electrons. The fraction of sp³-hybridized carbons (Fsp3) is 0.200. The third kappa shape index (κ3) is 4.74. The van der Waals surface area contributed by atoms with Crippen LogP contribution in [0.15, 0.2) is 83.8 Å². The Bertz CT molecular complexity index is 1310. The molecule has 0 bridgehead atoms. The Labute approximate surface area is 192 Å². The van der Waals surface area contributed by atoms with Crippen molar-refractivity contribution in [3.05, 3.63) is 95.0 Å². The van der Waals surface area contributed by atoms with Gasteiger partial charge in [0.25, 0.3) is 0 Å². The Kier molecular flexibility index (Phi) is 6.13. The maximum absolute atomic E-state index is 13.5. The van der Waals surface area contributed by atoms with Crippen LogP contribution in [0.25, 0.3) is 10.2 Å². The van der Waals surface area contributed by atoms with Crippen molar-refractivity contribution in [1.29, 1.82) is 0 Å². The van der Waals surface area contributed by atoms with E-state index in [1.54, 1.807) is 35.6 Å². The number of fused-ring (bicyclic) bond motifs is 1. The molecule has 1 atom stereocenters. The predicted molar refractivity (Wildman–Crippen MR) is 129 cm³/mol. The van der Waals surface area contributed by atoms with Gasteiger partial charge in [0.15, 0.2) is 9.84 Å². The van der Waals surface area contributed by atoms with Crippen molar-refractivity contribution >= 4 is 37.3 Å². The number of rotatable bonds is 7. The lowest BCUT2D eigenvalue weighted by Crippen LogP contribution is -2.43. The molecule has 1 unspecified atom stereocenters. The van der Waals surface area contributed by atoms with E-state index in [2.05, 4.69) is 5.32 Å². The maximum Gasteiger partial charge on any atom is 0.231 e. The van der Waals surface area contributed by atoms with Gasteiger partial charge in [-0.15, -0.1) is 11.3 Å². The molecule has 4 aromatic rings. The summed E-state index contributed by atoms with van der Waals surface area (Å²) >= 11 is 1.61. The number of sulfone groups is 1. The zero-order valence-corrected chi connectivity index (χ0v) is 19.5. The number of thiazole rings is 1. The number of nitrogens with one attached hydrogen (secondary N) is 1. The van der Waals surface area contributed by atoms with E-state index in [9.17, 15) is 13.2 Å². The SMILES string of the molecule is CC(Cc1nc2ccccc2s1)(C(=O)NCc1ccc(S(C)(=O)=O)cc1)c1ccccc1. The molecular formula is C25H24N2O3S2. The van der Waals surface area contributed by atoms with Crippen molar-refractivity contribution in [3.63, 3.8) is 0 Å². The minimum absolute atomic E-state index is 0.102. The van der Waals surface area contributed by atoms with Crippen molar-refractivity contribution in [2.24, 2.45) is 0 Å². The van der Waals surface area contributed by atoms with Crippen LogP contribution in [-0.2, 0) is 33.0 Å². The molecule has 0 saturated carbocycles. The van der Waals surface area contributed by atoms with Gasteiger partial charge in [-0.1, -0.05) is 54.6 Å². The summed E-state index contributed by atoms with van der Waals surface area (Å²) in [6, 6.07) is 24.3. The fourth-order valence-corrected chi connectivity index (χ4v) is 5.40. The number of benzene rings is 3. The third-order valence-corrected chi connectivity index (χ3v) is 7.72. The highest BCUT2D eigenvalue weighted by molar-refractivity contribution is 7.90. The third-order valence-electron chi connectivity index (χ3n) is 5.56. The molecule has 0 aliphatic rings. The van der Waals surface area contributed by atoms with Crippen molar-refractivity contribution in [2.75, 3.05) is 6.26 Å². The van der Waals surface area contributed by atoms with E-state index in [1.165, 1.54) is 6.26 Å². The second kappa shape index (κ2) is 8.84. The van der Waals surface area contributed by atoms with Crippen LogP contribution in [0.3, 0.4) is 0 Å². The molecule has 32 heavy (non-hydrogen) atoms. The van der Waals surface area contributed by atoms with E-state index >= 15 is 0 Å². The van der Waals surface area contributed by atoms with Crippen molar-refractivity contribution in [3.8, 4) is 0 Å². The molecule has 3 aromatic carbocycles. The van der Waals surface area contributed by atoms with Crippen LogP contribution in [0.4, 0.5) is 0 Å². The summed E-state index contributed by atoms with van der Waals surface area (Å²) < 4.78 is 24.4. The van der Waals surface area contributed by atoms with Gasteiger partial charge in [-0.25, -0.2) is 13.4 Å². The molecule has 0 saturated heterocycles. The van der Waals surface area contributed by atoms with Crippen LogP contribution in [0.2, 0.25) is 0 Å². The van der Waals surface area contributed by atoms with Gasteiger partial charge in [0, 0.05) is 19.2 Å². The molecule has 0 aliphatic carbocycles. The summed E-state index contributed by atoms with van der Waals surface area (Å²) in [7, 11) is -3.25. The number of carbonyl (C=O) groups is 1. The van der Waals surface area contributed by atoms with Gasteiger partial charge in [-0.2, -0.15) is 0 Å². The van der Waals surface area contributed by atoms with Crippen LogP contribution in [-0.4, -0.2) is 25.6 Å². The number of hydrogen-bond donors (Lipinski definition) is 1. The average Bonchev–Trinajstić information content (AvgIpc) is 3.19. The van der Waals surface area contributed by atoms with Crippen molar-refractivity contribution in [1.82, 2.24) is 10.3 Å². The Hall–Kier alpha value is -3.03. The summed E-state index contributed by atoms with van der Waals surface area (Å²) in [6.07, 6.45) is 1.66. The van der Waals surface area contributed by atoms with Crippen molar-refractivity contribution in [2.45, 2.75) is 30.2 Å². The Morgan fingerprint density at radius 1 is 0.969 bits per heavy atom. The minimum atomic E-state index is -3.25. The molecule has 1 N–H and O–H groups in total. The second-order valence-corrected chi connectivity index (χ2v) is 11.2. The smallest absolute Gasteiger partial charge is 0.231 e. The molecule has 7 heteroatoms. The number of aromatic nitrogens is 1. The normalized spacial score (nSPS) is 13.6. The Morgan fingerprint density at radius 3 is 2.28 bits per heavy atom. The van der Waals surface area contributed by atoms with Gasteiger partial charge in [0.05, 0.1) is 25.5 Å². The monoisotopic (exact) mass is 464 g/mol. The quantitative estimate of drug-likeness (QED) is 0.436. The van der Waals surface area contributed by atoms with E-state index in [0.29, 0.717) is 13.0 Å². The van der Waals surface area contributed by atoms with Crippen LogP contribution >= 0.6 is 11.3 Å². The van der Waals surface area contributed by atoms with Gasteiger partial charge < -0.3 is 5.32 Å². The van der Waals surface area contributed by atoms with Crippen LogP contribution < -0.4 is 5.32 Å². The molecule has 4 rings (SSSR count). The van der Waals surface area contributed by atoms with Crippen LogP contribution in [0, 0.1) is 0 Å². The number of nitrogens with zero attached hydrogens (tertiary/aromatic N) is 1. The molecule has 0 aliphatic heterocycles. The van der Waals surface area contributed by atoms with E-state index < -0.39 is 15.3 Å². The highest BCUT2D eigenvalue weighted by Crippen LogP contribution is 2.32. The summed E-state index contributed by atoms with van der Waals surface area (Å²) in [5.74, 6) is -0.102. The summed E-state index contributed by atoms with van der Waals surface area (Å²) in [6.45, 7) is 2.25. The molecule has 0 fully saturated rings. The number of carbonyl (C=O) groups excluding carboxylic acids is 1. The lowest BCUT2D eigenvalue weighted by atomic mass is 9.78. The first kappa shape index (κ1) is 22.2. The lowest BCUT2D eigenvalue weighted by Gasteiger charge is -2.28. The van der Waals surface area contributed by atoms with E-state index in [-0.39, 0.29) is 10.8 Å². The van der Waals surface area contributed by atoms with Crippen LogP contribution in [0.5, 0.6) is 0 Å². The van der Waals surface area contributed by atoms with Gasteiger partial charge in [0.1, 0.15) is 0 Å². The topological polar surface area (TPSA) is 76.1 Å². The number of amides is 1. The van der Waals surface area contributed by atoms with Gasteiger partial charge in [0.2, 0.25) is 5.91 Å². The fourth-order valence-electron chi connectivity index (χ4n) is 3.65. The molecule has 1 amide bonds. The zero-order chi connectivity index (χ0) is 22.8. The zero-order valence-electron chi connectivity index (χ0n) is 17.9. The second-order valence-electron chi connectivity index (χ2n) is 8.05. The summed E-state index contributed by atoms with van der Waals surface area (Å²) in [4.78, 5) is 18.5. The van der Waals surface area contributed by atoms with E-state index in [0.717, 1.165) is 26.4 Å². The van der Waals surface area contributed by atoms with Crippen molar-refractivity contribution < 1.29 is 13.2 Å². The van der Waals surface area contributed by atoms with E-state index in [4.69, 9.17) is 4.98 Å². The number of para-hydroxylation sites is 1. The largest absolute Gasteiger partial charge is 0.351 e. The van der Waals surface area contributed by atoms with Gasteiger partial charge in [-0.05, 0) is 42.3 Å². The average molecular weight is 465 g/mol. The molecule has 0 radical (unpaired) electrons. The lowest BCUT2D eigenvalue weighted by molar-refractivity contribution is -0.126. The molecular weight excluding hydrogens is 440 g/mol. The molecule has 0 spiro atoms. The van der Waals surface area contributed by atoms with Crippen LogP contribution in [0.1, 0.15) is 23.1 Å². The summed E-state index contributed by atoms with van der Waals surface area (Å²) in [5.41, 5.74) is 1.89. The highest BCUT2D eigenvalue weighted by Gasteiger charge is 2.36. The first-order chi connectivity index (χ1) is 15.3. The minimum Gasteiger partial charge on any atom is -0.351 e. The maximum atomic E-state index is 13.5. The predicted octanol–water partition coefficient (Wildman–Crippen LogP) is 4.52. The first-order valence-corrected chi connectivity index (χ1v) is 12.9. The standard InChI is InChI=1S/C25H24N2O3S2/c1-25(19-8-4-3-5-9-19,16-23-27-21-10-6-7-11-22(21)31-23)24(28)26-17-18-12-14-20(15-13-18)32(2,29)30/h3-15H,16-17H2,1-2H3,(H,26,28). The van der Waals surface area contributed by atoms with Gasteiger partial charge in [-0.3, -0.25) is 4.79 Å². The Balaban J connectivity index is 1.57. The highest BCUT2D eigenvalue weighted by atomic mass is 32.2. The molecule has 1 aromatic heterocycles. The Morgan fingerprint density at radius 2 is 1.62 bits per heavy atom. The summed E-state index contributed by atoms with van der Waals surface area (Å²) in [5, 5.41) is 3.95. The first-order valence-electron chi connectivity index (χ1n) is 10.2.